The van der Waals surface area contributed by atoms with Crippen LogP contribution in [-0.2, 0) is 17.3 Å². The van der Waals surface area contributed by atoms with Crippen molar-refractivity contribution in [3.63, 3.8) is 0 Å². The van der Waals surface area contributed by atoms with Gasteiger partial charge in [-0.1, -0.05) is 36.8 Å². The van der Waals surface area contributed by atoms with Crippen molar-refractivity contribution >= 4 is 11.6 Å². The van der Waals surface area contributed by atoms with Crippen LogP contribution in [0.4, 0.5) is 10.1 Å². The predicted octanol–water partition coefficient (Wildman–Crippen LogP) is 3.68. The van der Waals surface area contributed by atoms with Gasteiger partial charge in [0, 0.05) is 7.05 Å². The summed E-state index contributed by atoms with van der Waals surface area (Å²) in [7, 11) is 1.78. The van der Waals surface area contributed by atoms with Gasteiger partial charge in [-0.15, -0.1) is 0 Å². The molecule has 0 spiro atoms. The first-order valence-corrected chi connectivity index (χ1v) is 9.35. The molecular formula is C22H22FN3O2. The van der Waals surface area contributed by atoms with Crippen LogP contribution in [0.25, 0.3) is 5.69 Å². The number of carbonyl (C=O) groups is 1. The zero-order valence-electron chi connectivity index (χ0n) is 15.9. The molecule has 0 aliphatic heterocycles. The number of benzene rings is 2. The highest BCUT2D eigenvalue weighted by Gasteiger charge is 2.46. The van der Waals surface area contributed by atoms with E-state index < -0.39 is 5.41 Å². The molecule has 5 nitrogen and oxygen atoms in total. The van der Waals surface area contributed by atoms with E-state index >= 15 is 0 Å². The summed E-state index contributed by atoms with van der Waals surface area (Å²) in [6.45, 7) is 1.80. The topological polar surface area (TPSA) is 56.0 Å². The molecule has 0 saturated heterocycles. The maximum atomic E-state index is 13.7. The Labute approximate surface area is 162 Å². The van der Waals surface area contributed by atoms with Crippen molar-refractivity contribution in [1.82, 2.24) is 9.36 Å². The molecule has 1 aliphatic carbocycles. The molecule has 0 unspecified atom stereocenters. The highest BCUT2D eigenvalue weighted by atomic mass is 19.1. The Kier molecular flexibility index (Phi) is 4.41. The molecule has 3 aromatic rings. The van der Waals surface area contributed by atoms with Gasteiger partial charge >= 0.3 is 0 Å². The van der Waals surface area contributed by atoms with E-state index in [1.807, 2.05) is 30.3 Å². The Hall–Kier alpha value is -3.15. The van der Waals surface area contributed by atoms with Crippen molar-refractivity contribution < 1.29 is 9.18 Å². The van der Waals surface area contributed by atoms with Crippen LogP contribution in [0.1, 0.15) is 30.5 Å². The maximum Gasteiger partial charge on any atom is 0.295 e. The molecule has 2 aromatic carbocycles. The lowest BCUT2D eigenvalue weighted by Gasteiger charge is -2.40. The number of carbonyl (C=O) groups excluding carboxylic acids is 1. The summed E-state index contributed by atoms with van der Waals surface area (Å²) in [5.74, 6) is -0.616. The molecule has 1 saturated carbocycles. The number of anilines is 1. The van der Waals surface area contributed by atoms with Gasteiger partial charge in [-0.25, -0.2) is 9.07 Å². The van der Waals surface area contributed by atoms with Crippen molar-refractivity contribution in [3.8, 4) is 5.69 Å². The fraction of sp³-hybridized carbons (Fsp3) is 0.273. The van der Waals surface area contributed by atoms with Crippen LogP contribution >= 0.6 is 0 Å². The number of nitrogens with one attached hydrogen (secondary N) is 1. The molecule has 1 aliphatic rings. The SMILES string of the molecule is Cc1c(NC(=O)C2(c3cccc(F)c3)CCC2)c(=O)n(-c2ccccc2)n1C. The summed E-state index contributed by atoms with van der Waals surface area (Å²) in [5.41, 5.74) is 1.24. The third-order valence-electron chi connectivity index (χ3n) is 5.81. The summed E-state index contributed by atoms with van der Waals surface area (Å²) >= 11 is 0. The zero-order chi connectivity index (χ0) is 19.9. The maximum absolute atomic E-state index is 13.7. The van der Waals surface area contributed by atoms with Gasteiger partial charge in [0.1, 0.15) is 11.5 Å². The van der Waals surface area contributed by atoms with Crippen LogP contribution in [-0.4, -0.2) is 15.3 Å². The Morgan fingerprint density at radius 1 is 1.11 bits per heavy atom. The summed E-state index contributed by atoms with van der Waals surface area (Å²) in [6.07, 6.45) is 2.17. The molecule has 1 N–H and O–H groups in total. The fourth-order valence-electron chi connectivity index (χ4n) is 3.91. The van der Waals surface area contributed by atoms with E-state index in [2.05, 4.69) is 5.32 Å². The van der Waals surface area contributed by atoms with Crippen molar-refractivity contribution in [2.45, 2.75) is 31.6 Å². The second-order valence-electron chi connectivity index (χ2n) is 7.34. The van der Waals surface area contributed by atoms with Crippen molar-refractivity contribution in [3.05, 3.63) is 82.0 Å². The van der Waals surface area contributed by atoms with Crippen molar-refractivity contribution in [2.75, 3.05) is 5.32 Å². The van der Waals surface area contributed by atoms with Gasteiger partial charge in [0.25, 0.3) is 5.56 Å². The number of aromatic nitrogens is 2. The minimum Gasteiger partial charge on any atom is -0.319 e. The minimum atomic E-state index is -0.783. The molecule has 1 fully saturated rings. The molecule has 0 radical (unpaired) electrons. The molecule has 1 amide bonds. The molecule has 144 valence electrons. The Balaban J connectivity index is 1.72. The van der Waals surface area contributed by atoms with E-state index in [1.165, 1.54) is 16.8 Å². The third kappa shape index (κ3) is 2.76. The second kappa shape index (κ2) is 6.78. The molecule has 1 aromatic heterocycles. The zero-order valence-corrected chi connectivity index (χ0v) is 15.9. The van der Waals surface area contributed by atoms with E-state index in [0.29, 0.717) is 24.1 Å². The average Bonchev–Trinajstić information content (AvgIpc) is 2.85. The van der Waals surface area contributed by atoms with Crippen molar-refractivity contribution in [1.29, 1.82) is 0 Å². The van der Waals surface area contributed by atoms with Crippen LogP contribution in [0, 0.1) is 12.7 Å². The summed E-state index contributed by atoms with van der Waals surface area (Å²) < 4.78 is 17.0. The van der Waals surface area contributed by atoms with Crippen LogP contribution in [0.2, 0.25) is 0 Å². The number of amides is 1. The monoisotopic (exact) mass is 379 g/mol. The number of nitrogens with zero attached hydrogens (tertiary/aromatic N) is 2. The number of para-hydroxylation sites is 1. The standard InChI is InChI=1S/C22H22FN3O2/c1-15-19(20(27)26(25(15)2)18-10-4-3-5-11-18)24-21(28)22(12-7-13-22)16-8-6-9-17(23)14-16/h3-6,8-11,14H,7,12-13H2,1-2H3,(H,24,28). The van der Waals surface area contributed by atoms with E-state index in [1.54, 1.807) is 30.8 Å². The van der Waals surface area contributed by atoms with Crippen LogP contribution in [0.15, 0.2) is 59.4 Å². The van der Waals surface area contributed by atoms with Gasteiger partial charge < -0.3 is 5.32 Å². The molecule has 4 rings (SSSR count). The summed E-state index contributed by atoms with van der Waals surface area (Å²) in [6, 6.07) is 15.5. The van der Waals surface area contributed by atoms with Crippen LogP contribution < -0.4 is 10.9 Å². The van der Waals surface area contributed by atoms with Gasteiger partial charge in [0.05, 0.1) is 16.8 Å². The van der Waals surface area contributed by atoms with Gasteiger partial charge in [-0.3, -0.25) is 14.3 Å². The highest BCUT2D eigenvalue weighted by Crippen LogP contribution is 2.44. The Morgan fingerprint density at radius 2 is 1.82 bits per heavy atom. The Morgan fingerprint density at radius 3 is 2.43 bits per heavy atom. The first-order valence-electron chi connectivity index (χ1n) is 9.35. The lowest BCUT2D eigenvalue weighted by atomic mass is 9.63. The third-order valence-corrected chi connectivity index (χ3v) is 5.81. The van der Waals surface area contributed by atoms with E-state index in [9.17, 15) is 14.0 Å². The number of hydrogen-bond donors (Lipinski definition) is 1. The van der Waals surface area contributed by atoms with E-state index in [0.717, 1.165) is 12.1 Å². The minimum absolute atomic E-state index is 0.254. The molecule has 0 bridgehead atoms. The molecule has 0 atom stereocenters. The van der Waals surface area contributed by atoms with E-state index in [4.69, 9.17) is 0 Å². The first kappa shape index (κ1) is 18.2. The molecule has 1 heterocycles. The van der Waals surface area contributed by atoms with Gasteiger partial charge in [0.15, 0.2) is 0 Å². The number of halogens is 1. The molecular weight excluding hydrogens is 357 g/mol. The lowest BCUT2D eigenvalue weighted by Crippen LogP contribution is -2.46. The summed E-state index contributed by atoms with van der Waals surface area (Å²) in [4.78, 5) is 26.2. The molecule has 6 heteroatoms. The van der Waals surface area contributed by atoms with E-state index in [-0.39, 0.29) is 23.0 Å². The Bertz CT molecular complexity index is 1090. The van der Waals surface area contributed by atoms with Gasteiger partial charge in [-0.05, 0) is 49.6 Å². The lowest BCUT2D eigenvalue weighted by molar-refractivity contribution is -0.124. The highest BCUT2D eigenvalue weighted by molar-refractivity contribution is 6.00. The van der Waals surface area contributed by atoms with Crippen molar-refractivity contribution in [2.24, 2.45) is 7.05 Å². The first-order chi connectivity index (χ1) is 13.4. The van der Waals surface area contributed by atoms with Crippen LogP contribution in [0.5, 0.6) is 0 Å². The quantitative estimate of drug-likeness (QED) is 0.752. The normalized spacial score (nSPS) is 15.1. The van der Waals surface area contributed by atoms with Gasteiger partial charge in [-0.2, -0.15) is 0 Å². The largest absolute Gasteiger partial charge is 0.319 e. The number of hydrogen-bond acceptors (Lipinski definition) is 2. The molecule has 28 heavy (non-hydrogen) atoms. The smallest absolute Gasteiger partial charge is 0.295 e. The summed E-state index contributed by atoms with van der Waals surface area (Å²) in [5, 5.41) is 2.85. The average molecular weight is 379 g/mol. The fourth-order valence-corrected chi connectivity index (χ4v) is 3.91. The van der Waals surface area contributed by atoms with Gasteiger partial charge in [0.2, 0.25) is 5.91 Å². The predicted molar refractivity (Wildman–Crippen MR) is 106 cm³/mol. The van der Waals surface area contributed by atoms with Crippen LogP contribution in [0.3, 0.4) is 0 Å². The second-order valence-corrected chi connectivity index (χ2v) is 7.34. The number of rotatable bonds is 4.